The van der Waals surface area contributed by atoms with Gasteiger partial charge in [-0.25, -0.2) is 5.43 Å². The molecule has 0 fully saturated rings. The lowest BCUT2D eigenvalue weighted by Gasteiger charge is -2.08. The van der Waals surface area contributed by atoms with Crippen molar-refractivity contribution in [3.05, 3.63) is 62.5 Å². The Kier molecular flexibility index (Phi) is 6.80. The Morgan fingerprint density at radius 2 is 2.04 bits per heavy atom. The molecule has 0 aromatic heterocycles. The van der Waals surface area contributed by atoms with Crippen LogP contribution in [-0.4, -0.2) is 18.7 Å². The van der Waals surface area contributed by atoms with Crippen molar-refractivity contribution in [3.8, 4) is 5.75 Å². The lowest BCUT2D eigenvalue weighted by atomic mass is 10.2. The Balaban J connectivity index is 2.09. The molecule has 0 bridgehead atoms. The first kappa shape index (κ1) is 17.7. The topological polar surface area (TPSA) is 50.7 Å². The van der Waals surface area contributed by atoms with Gasteiger partial charge in [-0.05, 0) is 52.7 Å². The Morgan fingerprint density at radius 1 is 1.26 bits per heavy atom. The van der Waals surface area contributed by atoms with Crippen LogP contribution in [0.4, 0.5) is 0 Å². The molecule has 1 amide bonds. The van der Waals surface area contributed by atoms with Crippen LogP contribution in [0.25, 0.3) is 0 Å². The molecule has 0 aliphatic rings. The van der Waals surface area contributed by atoms with Crippen molar-refractivity contribution in [2.75, 3.05) is 6.61 Å². The Bertz CT molecular complexity index is 717. The number of amides is 1. The summed E-state index contributed by atoms with van der Waals surface area (Å²) in [6, 6.07) is 12.8. The third-order valence-electron chi connectivity index (χ3n) is 2.92. The predicted octanol–water partition coefficient (Wildman–Crippen LogP) is 4.76. The van der Waals surface area contributed by atoms with E-state index in [4.69, 9.17) is 4.74 Å². The zero-order chi connectivity index (χ0) is 16.7. The van der Waals surface area contributed by atoms with E-state index < -0.39 is 0 Å². The van der Waals surface area contributed by atoms with Crippen molar-refractivity contribution in [1.82, 2.24) is 5.43 Å². The maximum atomic E-state index is 12.1. The van der Waals surface area contributed by atoms with Crippen LogP contribution in [-0.2, 0) is 0 Å². The summed E-state index contributed by atoms with van der Waals surface area (Å²) in [6.45, 7) is 2.68. The van der Waals surface area contributed by atoms with Gasteiger partial charge in [-0.1, -0.05) is 35.0 Å². The maximum absolute atomic E-state index is 12.1. The summed E-state index contributed by atoms with van der Waals surface area (Å²) in [5.74, 6) is 0.452. The predicted molar refractivity (Wildman–Crippen MR) is 99.1 cm³/mol. The number of rotatable bonds is 6. The van der Waals surface area contributed by atoms with Crippen LogP contribution in [0.3, 0.4) is 0 Å². The molecule has 23 heavy (non-hydrogen) atoms. The van der Waals surface area contributed by atoms with Crippen LogP contribution in [0.1, 0.15) is 29.3 Å². The number of hydrazone groups is 1. The van der Waals surface area contributed by atoms with Gasteiger partial charge in [-0.2, -0.15) is 5.10 Å². The van der Waals surface area contributed by atoms with Crippen molar-refractivity contribution in [3.63, 3.8) is 0 Å². The lowest BCUT2D eigenvalue weighted by molar-refractivity contribution is 0.0954. The van der Waals surface area contributed by atoms with E-state index in [9.17, 15) is 4.79 Å². The second kappa shape index (κ2) is 8.84. The summed E-state index contributed by atoms with van der Waals surface area (Å²) in [5.41, 5.74) is 3.84. The molecular weight excluding hydrogens is 424 g/mol. The minimum absolute atomic E-state index is 0.278. The van der Waals surface area contributed by atoms with Gasteiger partial charge in [0.05, 0.1) is 18.4 Å². The van der Waals surface area contributed by atoms with Crippen LogP contribution in [0.2, 0.25) is 0 Å². The highest BCUT2D eigenvalue weighted by atomic mass is 79.9. The number of ether oxygens (including phenoxy) is 1. The van der Waals surface area contributed by atoms with Crippen LogP contribution >= 0.6 is 31.9 Å². The van der Waals surface area contributed by atoms with Gasteiger partial charge in [0.1, 0.15) is 5.75 Å². The fourth-order valence-electron chi connectivity index (χ4n) is 1.83. The second-order valence-electron chi connectivity index (χ2n) is 4.71. The second-order valence-corrected chi connectivity index (χ2v) is 6.48. The number of nitrogens with one attached hydrogen (secondary N) is 1. The average Bonchev–Trinajstić information content (AvgIpc) is 2.54. The first-order chi connectivity index (χ1) is 11.1. The van der Waals surface area contributed by atoms with Gasteiger partial charge >= 0.3 is 0 Å². The van der Waals surface area contributed by atoms with E-state index in [1.54, 1.807) is 18.3 Å². The number of benzene rings is 2. The van der Waals surface area contributed by atoms with E-state index in [1.165, 1.54) is 0 Å². The molecule has 0 atom stereocenters. The molecule has 6 heteroatoms. The zero-order valence-corrected chi connectivity index (χ0v) is 15.7. The summed E-state index contributed by atoms with van der Waals surface area (Å²) >= 11 is 6.77. The van der Waals surface area contributed by atoms with E-state index in [1.807, 2.05) is 37.3 Å². The fourth-order valence-corrected chi connectivity index (χ4v) is 2.67. The van der Waals surface area contributed by atoms with Crippen molar-refractivity contribution in [1.29, 1.82) is 0 Å². The number of carbonyl (C=O) groups is 1. The molecule has 0 spiro atoms. The highest BCUT2D eigenvalue weighted by molar-refractivity contribution is 9.10. The quantitative estimate of drug-likeness (QED) is 0.520. The van der Waals surface area contributed by atoms with E-state index in [0.717, 1.165) is 26.7 Å². The molecule has 0 aliphatic heterocycles. The largest absolute Gasteiger partial charge is 0.493 e. The van der Waals surface area contributed by atoms with Gasteiger partial charge in [0.15, 0.2) is 0 Å². The average molecular weight is 440 g/mol. The zero-order valence-electron chi connectivity index (χ0n) is 12.6. The van der Waals surface area contributed by atoms with Gasteiger partial charge in [-0.3, -0.25) is 4.79 Å². The highest BCUT2D eigenvalue weighted by Gasteiger charge is 2.08. The van der Waals surface area contributed by atoms with Crippen molar-refractivity contribution in [2.24, 2.45) is 5.10 Å². The van der Waals surface area contributed by atoms with Crippen LogP contribution < -0.4 is 10.2 Å². The van der Waals surface area contributed by atoms with E-state index in [2.05, 4.69) is 42.4 Å². The molecule has 120 valence electrons. The van der Waals surface area contributed by atoms with Gasteiger partial charge in [0.25, 0.3) is 5.91 Å². The molecule has 0 heterocycles. The molecule has 1 N–H and O–H groups in total. The van der Waals surface area contributed by atoms with Crippen LogP contribution in [0, 0.1) is 0 Å². The van der Waals surface area contributed by atoms with Crippen molar-refractivity contribution < 1.29 is 9.53 Å². The molecule has 2 aromatic carbocycles. The summed E-state index contributed by atoms with van der Waals surface area (Å²) in [5, 5.41) is 4.02. The highest BCUT2D eigenvalue weighted by Crippen LogP contribution is 2.22. The first-order valence-electron chi connectivity index (χ1n) is 7.12. The Labute approximate surface area is 152 Å². The molecule has 0 unspecified atom stereocenters. The molecule has 4 nitrogen and oxygen atoms in total. The molecule has 0 radical (unpaired) electrons. The summed E-state index contributed by atoms with van der Waals surface area (Å²) in [6.07, 6.45) is 2.50. The maximum Gasteiger partial charge on any atom is 0.272 e. The molecule has 2 aromatic rings. The van der Waals surface area contributed by atoms with Crippen LogP contribution in [0.15, 0.2) is 56.5 Å². The lowest BCUT2D eigenvalue weighted by Crippen LogP contribution is -2.18. The third kappa shape index (κ3) is 5.18. The van der Waals surface area contributed by atoms with E-state index in [0.29, 0.717) is 12.2 Å². The van der Waals surface area contributed by atoms with Gasteiger partial charge in [0.2, 0.25) is 0 Å². The molecule has 0 aliphatic carbocycles. The molecule has 2 rings (SSSR count). The molecule has 0 saturated heterocycles. The number of carbonyl (C=O) groups excluding carboxylic acids is 1. The van der Waals surface area contributed by atoms with Crippen LogP contribution in [0.5, 0.6) is 5.75 Å². The summed E-state index contributed by atoms with van der Waals surface area (Å²) in [7, 11) is 0. The SMILES string of the molecule is CCCOc1ccc(Br)cc1/C=N/NC(=O)c1ccccc1Br. The first-order valence-corrected chi connectivity index (χ1v) is 8.70. The minimum Gasteiger partial charge on any atom is -0.493 e. The number of halogens is 2. The van der Waals surface area contributed by atoms with Gasteiger partial charge in [0, 0.05) is 14.5 Å². The number of hydrogen-bond donors (Lipinski definition) is 1. The normalized spacial score (nSPS) is 10.7. The standard InChI is InChI=1S/C17H16Br2N2O2/c1-2-9-23-16-8-7-13(18)10-12(16)11-20-21-17(22)14-5-3-4-6-15(14)19/h3-8,10-11H,2,9H2,1H3,(H,21,22)/b20-11+. The Hall–Kier alpha value is -1.66. The summed E-state index contributed by atoms with van der Waals surface area (Å²) in [4.78, 5) is 12.1. The third-order valence-corrected chi connectivity index (χ3v) is 4.11. The van der Waals surface area contributed by atoms with Gasteiger partial charge in [-0.15, -0.1) is 0 Å². The summed E-state index contributed by atoms with van der Waals surface area (Å²) < 4.78 is 7.31. The molecular formula is C17H16Br2N2O2. The van der Waals surface area contributed by atoms with Crippen molar-refractivity contribution >= 4 is 44.0 Å². The number of hydrogen-bond acceptors (Lipinski definition) is 3. The monoisotopic (exact) mass is 438 g/mol. The van der Waals surface area contributed by atoms with Gasteiger partial charge < -0.3 is 4.74 Å². The van der Waals surface area contributed by atoms with E-state index in [-0.39, 0.29) is 5.91 Å². The minimum atomic E-state index is -0.278. The Morgan fingerprint density at radius 3 is 2.78 bits per heavy atom. The fraction of sp³-hybridized carbons (Fsp3) is 0.176. The number of nitrogens with zero attached hydrogens (tertiary/aromatic N) is 1. The smallest absolute Gasteiger partial charge is 0.272 e. The van der Waals surface area contributed by atoms with E-state index >= 15 is 0 Å². The van der Waals surface area contributed by atoms with Crippen molar-refractivity contribution in [2.45, 2.75) is 13.3 Å². The molecule has 0 saturated carbocycles.